The smallest absolute Gasteiger partial charge is 0.253 e. The molecule has 8 heteroatoms. The number of aryl methyl sites for hydroxylation is 1. The Labute approximate surface area is 201 Å². The SMILES string of the molecule is CCCc1nncn1-c1ccc(C(=O)N(CC)CCN(C)CCc2ccccc2)cc1NC=O. The van der Waals surface area contributed by atoms with E-state index in [0.29, 0.717) is 30.8 Å². The largest absolute Gasteiger partial charge is 0.338 e. The molecule has 0 spiro atoms. The van der Waals surface area contributed by atoms with Gasteiger partial charge < -0.3 is 15.1 Å². The monoisotopic (exact) mass is 462 g/mol. The van der Waals surface area contributed by atoms with E-state index in [-0.39, 0.29) is 5.91 Å². The number of hydrogen-bond acceptors (Lipinski definition) is 5. The first-order valence-corrected chi connectivity index (χ1v) is 11.8. The second-order valence-corrected chi connectivity index (χ2v) is 8.28. The first-order valence-electron chi connectivity index (χ1n) is 11.8. The molecule has 0 saturated heterocycles. The summed E-state index contributed by atoms with van der Waals surface area (Å²) in [5.41, 5.74) is 3.13. The van der Waals surface area contributed by atoms with E-state index in [0.717, 1.165) is 43.9 Å². The Morgan fingerprint density at radius 1 is 1.06 bits per heavy atom. The lowest BCUT2D eigenvalue weighted by atomic mass is 10.1. The van der Waals surface area contributed by atoms with Gasteiger partial charge in [0.25, 0.3) is 5.91 Å². The Bertz CT molecular complexity index is 1070. The highest BCUT2D eigenvalue weighted by Gasteiger charge is 2.18. The molecule has 1 heterocycles. The molecule has 0 unspecified atom stereocenters. The molecule has 0 radical (unpaired) electrons. The summed E-state index contributed by atoms with van der Waals surface area (Å²) in [5, 5.41) is 10.9. The molecule has 0 bridgehead atoms. The van der Waals surface area contributed by atoms with E-state index >= 15 is 0 Å². The molecule has 3 rings (SSSR count). The van der Waals surface area contributed by atoms with Crippen molar-refractivity contribution >= 4 is 18.0 Å². The first kappa shape index (κ1) is 25.1. The number of carbonyl (C=O) groups is 2. The molecule has 0 fully saturated rings. The number of nitrogens with one attached hydrogen (secondary N) is 1. The highest BCUT2D eigenvalue weighted by molar-refractivity contribution is 5.96. The van der Waals surface area contributed by atoms with Gasteiger partial charge in [0.15, 0.2) is 0 Å². The van der Waals surface area contributed by atoms with Gasteiger partial charge in [0.1, 0.15) is 12.2 Å². The topological polar surface area (TPSA) is 83.4 Å². The molecule has 8 nitrogen and oxygen atoms in total. The summed E-state index contributed by atoms with van der Waals surface area (Å²) in [6.45, 7) is 7.00. The van der Waals surface area contributed by atoms with E-state index in [1.807, 2.05) is 28.5 Å². The normalized spacial score (nSPS) is 10.9. The molecular formula is C26H34N6O2. The number of nitrogens with zero attached hydrogens (tertiary/aromatic N) is 5. The maximum atomic E-state index is 13.3. The van der Waals surface area contributed by atoms with Gasteiger partial charge in [-0.1, -0.05) is 37.3 Å². The van der Waals surface area contributed by atoms with Crippen LogP contribution in [-0.4, -0.2) is 70.1 Å². The van der Waals surface area contributed by atoms with Crippen LogP contribution in [0.2, 0.25) is 0 Å². The summed E-state index contributed by atoms with van der Waals surface area (Å²) in [6, 6.07) is 15.8. The van der Waals surface area contributed by atoms with Crippen LogP contribution in [0, 0.1) is 0 Å². The molecule has 0 aliphatic carbocycles. The number of likely N-dealkylation sites (N-methyl/N-ethyl adjacent to an activating group) is 2. The van der Waals surface area contributed by atoms with Crippen molar-refractivity contribution < 1.29 is 9.59 Å². The maximum Gasteiger partial charge on any atom is 0.253 e. The quantitative estimate of drug-likeness (QED) is 0.394. The average Bonchev–Trinajstić information content (AvgIpc) is 3.32. The van der Waals surface area contributed by atoms with Gasteiger partial charge in [-0.2, -0.15) is 0 Å². The lowest BCUT2D eigenvalue weighted by Gasteiger charge is -2.25. The van der Waals surface area contributed by atoms with Gasteiger partial charge >= 0.3 is 0 Å². The zero-order chi connectivity index (χ0) is 24.3. The number of amides is 2. The molecule has 180 valence electrons. The predicted octanol–water partition coefficient (Wildman–Crippen LogP) is 3.42. The van der Waals surface area contributed by atoms with Crippen LogP contribution >= 0.6 is 0 Å². The fourth-order valence-corrected chi connectivity index (χ4v) is 3.87. The Morgan fingerprint density at radius 3 is 2.56 bits per heavy atom. The molecule has 0 atom stereocenters. The molecule has 3 aromatic rings. The van der Waals surface area contributed by atoms with Crippen molar-refractivity contribution in [2.75, 3.05) is 38.5 Å². The Kier molecular flexibility index (Phi) is 9.34. The minimum atomic E-state index is -0.0583. The number of rotatable bonds is 13. The highest BCUT2D eigenvalue weighted by atomic mass is 16.2. The molecule has 1 aromatic heterocycles. The number of carbonyl (C=O) groups excluding carboxylic acids is 2. The molecule has 2 aromatic carbocycles. The zero-order valence-electron chi connectivity index (χ0n) is 20.3. The van der Waals surface area contributed by atoms with Crippen molar-refractivity contribution in [3.63, 3.8) is 0 Å². The van der Waals surface area contributed by atoms with Crippen LogP contribution in [0.4, 0.5) is 5.69 Å². The van der Waals surface area contributed by atoms with Crippen molar-refractivity contribution in [3.05, 3.63) is 71.8 Å². The first-order chi connectivity index (χ1) is 16.6. The van der Waals surface area contributed by atoms with Crippen molar-refractivity contribution in [2.24, 2.45) is 0 Å². The van der Waals surface area contributed by atoms with E-state index < -0.39 is 0 Å². The summed E-state index contributed by atoms with van der Waals surface area (Å²) in [4.78, 5) is 28.6. The molecule has 1 N–H and O–H groups in total. The third-order valence-electron chi connectivity index (χ3n) is 5.86. The lowest BCUT2D eigenvalue weighted by molar-refractivity contribution is -0.105. The van der Waals surface area contributed by atoms with E-state index in [1.165, 1.54) is 5.56 Å². The Hall–Kier alpha value is -3.52. The average molecular weight is 463 g/mol. The Morgan fingerprint density at radius 2 is 1.85 bits per heavy atom. The van der Waals surface area contributed by atoms with E-state index in [4.69, 9.17) is 0 Å². The molecule has 0 aliphatic heterocycles. The van der Waals surface area contributed by atoms with Crippen molar-refractivity contribution in [1.82, 2.24) is 24.6 Å². The second-order valence-electron chi connectivity index (χ2n) is 8.28. The molecule has 0 aliphatic rings. The van der Waals surface area contributed by atoms with Crippen LogP contribution in [0.25, 0.3) is 5.69 Å². The summed E-state index contributed by atoms with van der Waals surface area (Å²) in [7, 11) is 2.08. The molecule has 2 amide bonds. The fraction of sp³-hybridized carbons (Fsp3) is 0.385. The molecule has 34 heavy (non-hydrogen) atoms. The van der Waals surface area contributed by atoms with Crippen molar-refractivity contribution in [2.45, 2.75) is 33.1 Å². The predicted molar refractivity (Wildman–Crippen MR) is 134 cm³/mol. The van der Waals surface area contributed by atoms with E-state index in [9.17, 15) is 9.59 Å². The summed E-state index contributed by atoms with van der Waals surface area (Å²) >= 11 is 0. The number of anilines is 1. The van der Waals surface area contributed by atoms with Crippen molar-refractivity contribution in [1.29, 1.82) is 0 Å². The highest BCUT2D eigenvalue weighted by Crippen LogP contribution is 2.24. The minimum absolute atomic E-state index is 0.0583. The van der Waals surface area contributed by atoms with E-state index in [2.05, 4.69) is 58.7 Å². The number of benzene rings is 2. The van der Waals surface area contributed by atoms with Gasteiger partial charge in [-0.25, -0.2) is 0 Å². The minimum Gasteiger partial charge on any atom is -0.338 e. The van der Waals surface area contributed by atoms with Crippen molar-refractivity contribution in [3.8, 4) is 5.69 Å². The summed E-state index contributed by atoms with van der Waals surface area (Å²) in [5.74, 6) is 0.751. The van der Waals surface area contributed by atoms with Crippen LogP contribution in [0.3, 0.4) is 0 Å². The van der Waals surface area contributed by atoms with Crippen LogP contribution in [-0.2, 0) is 17.6 Å². The van der Waals surface area contributed by atoms with Crippen LogP contribution in [0.5, 0.6) is 0 Å². The van der Waals surface area contributed by atoms with Gasteiger partial charge in [0.2, 0.25) is 6.41 Å². The fourth-order valence-electron chi connectivity index (χ4n) is 3.87. The summed E-state index contributed by atoms with van der Waals surface area (Å²) in [6.07, 6.45) is 4.92. The van der Waals surface area contributed by atoms with Crippen LogP contribution in [0.15, 0.2) is 54.9 Å². The van der Waals surface area contributed by atoms with Gasteiger partial charge in [-0.15, -0.1) is 10.2 Å². The standard InChI is InChI=1S/C26H34N6O2/c1-4-9-25-29-28-19-32(25)24-13-12-22(18-23(24)27-20-33)26(34)31(5-2)17-16-30(3)15-14-21-10-7-6-8-11-21/h6-8,10-13,18-20H,4-5,9,14-17H2,1-3H3,(H,27,33). The van der Waals surface area contributed by atoms with Crippen LogP contribution < -0.4 is 5.32 Å². The second kappa shape index (κ2) is 12.6. The Balaban J connectivity index is 1.68. The summed E-state index contributed by atoms with van der Waals surface area (Å²) < 4.78 is 1.85. The third kappa shape index (κ3) is 6.51. The van der Waals surface area contributed by atoms with E-state index in [1.54, 1.807) is 18.5 Å². The maximum absolute atomic E-state index is 13.3. The molecular weight excluding hydrogens is 428 g/mol. The lowest BCUT2D eigenvalue weighted by Crippen LogP contribution is -2.38. The van der Waals surface area contributed by atoms with Gasteiger partial charge in [0, 0.05) is 38.2 Å². The number of hydrogen-bond donors (Lipinski definition) is 1. The zero-order valence-corrected chi connectivity index (χ0v) is 20.3. The van der Waals surface area contributed by atoms with Gasteiger partial charge in [-0.05, 0) is 50.6 Å². The van der Waals surface area contributed by atoms with Gasteiger partial charge in [-0.3, -0.25) is 14.2 Å². The van der Waals surface area contributed by atoms with Crippen LogP contribution in [0.1, 0.15) is 42.0 Å². The molecule has 0 saturated carbocycles. The third-order valence-corrected chi connectivity index (χ3v) is 5.86. The number of aromatic nitrogens is 3. The van der Waals surface area contributed by atoms with Gasteiger partial charge in [0.05, 0.1) is 11.4 Å².